The Bertz CT molecular complexity index is 957. The van der Waals surface area contributed by atoms with Crippen LogP contribution in [-0.2, 0) is 21.4 Å². The summed E-state index contributed by atoms with van der Waals surface area (Å²) in [6.07, 6.45) is 2.89. The first-order chi connectivity index (χ1) is 12.8. The van der Waals surface area contributed by atoms with E-state index in [1.165, 1.54) is 11.8 Å². The molecule has 148 valence electrons. The second-order valence-electron chi connectivity index (χ2n) is 6.21. The van der Waals surface area contributed by atoms with Crippen LogP contribution in [0.3, 0.4) is 0 Å². The maximum absolute atomic E-state index is 12.8. The van der Waals surface area contributed by atoms with Crippen molar-refractivity contribution >= 4 is 38.6 Å². The van der Waals surface area contributed by atoms with Crippen molar-refractivity contribution in [2.75, 3.05) is 11.5 Å². The largest absolute Gasteiger partial charge is 0.370 e. The number of hydrogen-bond acceptors (Lipinski definition) is 6. The summed E-state index contributed by atoms with van der Waals surface area (Å²) in [6, 6.07) is 7.13. The van der Waals surface area contributed by atoms with Crippen LogP contribution in [0.25, 0.3) is 10.9 Å². The average Bonchev–Trinajstić information content (AvgIpc) is 2.59. The van der Waals surface area contributed by atoms with Crippen LogP contribution in [0, 0.1) is 0 Å². The third kappa shape index (κ3) is 6.96. The Morgan fingerprint density at radius 3 is 2.59 bits per heavy atom. The third-order valence-electron chi connectivity index (χ3n) is 3.94. The summed E-state index contributed by atoms with van der Waals surface area (Å²) in [5.74, 6) is 0.0546. The second-order valence-corrected chi connectivity index (χ2v) is 9.01. The highest BCUT2D eigenvalue weighted by molar-refractivity contribution is 7.99. The first kappa shape index (κ1) is 21.4. The highest BCUT2D eigenvalue weighted by Gasteiger charge is 2.12. The second kappa shape index (κ2) is 9.86. The van der Waals surface area contributed by atoms with Crippen molar-refractivity contribution in [2.45, 2.75) is 43.8 Å². The zero-order valence-electron chi connectivity index (χ0n) is 15.0. The van der Waals surface area contributed by atoms with Crippen molar-refractivity contribution in [1.82, 2.24) is 9.55 Å². The number of primary sulfonamides is 1. The zero-order valence-corrected chi connectivity index (χ0v) is 16.6. The molecule has 4 N–H and O–H groups in total. The number of fused-ring (bicyclic) bond motifs is 1. The molecule has 1 aromatic carbocycles. The van der Waals surface area contributed by atoms with Gasteiger partial charge < -0.3 is 5.73 Å². The molecule has 1 aromatic heterocycles. The minimum atomic E-state index is -3.50. The number of unbranched alkanes of at least 4 members (excludes halogenated alkanes) is 2. The molecular weight excluding hydrogens is 388 g/mol. The molecule has 0 radical (unpaired) electrons. The lowest BCUT2D eigenvalue weighted by Gasteiger charge is -2.13. The number of carbonyl (C=O) groups is 1. The number of sulfonamides is 1. The number of primary amides is 1. The lowest BCUT2D eigenvalue weighted by Crippen LogP contribution is -2.24. The first-order valence-electron chi connectivity index (χ1n) is 8.69. The molecule has 0 fully saturated rings. The molecular formula is C17H24N4O4S2. The molecule has 0 aliphatic heterocycles. The Labute approximate surface area is 162 Å². The Morgan fingerprint density at radius 2 is 1.89 bits per heavy atom. The van der Waals surface area contributed by atoms with Crippen molar-refractivity contribution in [3.63, 3.8) is 0 Å². The summed E-state index contributed by atoms with van der Waals surface area (Å²) >= 11 is 1.34. The minimum absolute atomic E-state index is 0.106. The summed E-state index contributed by atoms with van der Waals surface area (Å²) in [7, 11) is -3.50. The molecule has 0 atom stereocenters. The van der Waals surface area contributed by atoms with Gasteiger partial charge in [-0.15, -0.1) is 0 Å². The van der Waals surface area contributed by atoms with Crippen LogP contribution in [0.15, 0.2) is 34.2 Å². The zero-order chi connectivity index (χ0) is 19.9. The first-order valence-corrected chi connectivity index (χ1v) is 11.4. The standard InChI is InChI=1S/C17H24N4O4S2/c18-15(22)9-2-1-5-10-21-16(23)13-7-3-4-8-14(13)20-17(21)26-11-6-12-27(19,24)25/h3-4,7-8H,1-2,5-6,9-12H2,(H2,18,22)(H2,19,24,25). The van der Waals surface area contributed by atoms with Crippen LogP contribution >= 0.6 is 11.8 Å². The van der Waals surface area contributed by atoms with Gasteiger partial charge in [-0.25, -0.2) is 18.5 Å². The molecule has 0 aliphatic carbocycles. The van der Waals surface area contributed by atoms with Gasteiger partial charge in [0.1, 0.15) is 0 Å². The van der Waals surface area contributed by atoms with E-state index >= 15 is 0 Å². The van der Waals surface area contributed by atoms with Gasteiger partial charge in [0, 0.05) is 18.7 Å². The molecule has 0 saturated heterocycles. The fourth-order valence-electron chi connectivity index (χ4n) is 2.62. The lowest BCUT2D eigenvalue weighted by molar-refractivity contribution is -0.118. The van der Waals surface area contributed by atoms with Crippen LogP contribution in [0.1, 0.15) is 32.1 Å². The molecule has 27 heavy (non-hydrogen) atoms. The normalized spacial score (nSPS) is 11.7. The number of nitrogens with two attached hydrogens (primary N) is 2. The lowest BCUT2D eigenvalue weighted by atomic mass is 10.2. The average molecular weight is 413 g/mol. The molecule has 1 heterocycles. The maximum Gasteiger partial charge on any atom is 0.262 e. The van der Waals surface area contributed by atoms with Gasteiger partial charge in [-0.1, -0.05) is 30.3 Å². The predicted octanol–water partition coefficient (Wildman–Crippen LogP) is 1.21. The SMILES string of the molecule is NC(=O)CCCCCn1c(SCCCS(N)(=O)=O)nc2ccccc2c1=O. The minimum Gasteiger partial charge on any atom is -0.370 e. The molecule has 0 spiro atoms. The van der Waals surface area contributed by atoms with Gasteiger partial charge in [0.15, 0.2) is 5.16 Å². The Kier molecular flexibility index (Phi) is 7.81. The maximum atomic E-state index is 12.8. The van der Waals surface area contributed by atoms with E-state index in [1.54, 1.807) is 22.8 Å². The monoisotopic (exact) mass is 412 g/mol. The molecule has 0 bridgehead atoms. The van der Waals surface area contributed by atoms with E-state index in [9.17, 15) is 18.0 Å². The van der Waals surface area contributed by atoms with Crippen molar-refractivity contribution in [2.24, 2.45) is 10.9 Å². The molecule has 0 unspecified atom stereocenters. The van der Waals surface area contributed by atoms with Gasteiger partial charge in [0.2, 0.25) is 15.9 Å². The van der Waals surface area contributed by atoms with Gasteiger partial charge >= 0.3 is 0 Å². The number of hydrogen-bond donors (Lipinski definition) is 2. The molecule has 0 aliphatic rings. The number of para-hydroxylation sites is 1. The summed E-state index contributed by atoms with van der Waals surface area (Å²) in [4.78, 5) is 28.2. The number of rotatable bonds is 11. The van der Waals surface area contributed by atoms with E-state index in [-0.39, 0.29) is 17.2 Å². The molecule has 8 nitrogen and oxygen atoms in total. The quantitative estimate of drug-likeness (QED) is 0.323. The van der Waals surface area contributed by atoms with Crippen LogP contribution in [0.4, 0.5) is 0 Å². The van der Waals surface area contributed by atoms with Gasteiger partial charge in [-0.2, -0.15) is 0 Å². The van der Waals surface area contributed by atoms with Gasteiger partial charge in [0.25, 0.3) is 5.56 Å². The fourth-order valence-corrected chi connectivity index (χ4v) is 4.32. The highest BCUT2D eigenvalue weighted by Crippen LogP contribution is 2.19. The van der Waals surface area contributed by atoms with E-state index in [0.29, 0.717) is 47.6 Å². The predicted molar refractivity (Wildman–Crippen MR) is 107 cm³/mol. The van der Waals surface area contributed by atoms with Crippen LogP contribution < -0.4 is 16.4 Å². The molecule has 1 amide bonds. The molecule has 10 heteroatoms. The van der Waals surface area contributed by atoms with Gasteiger partial charge in [0.05, 0.1) is 16.7 Å². The highest BCUT2D eigenvalue weighted by atomic mass is 32.2. The number of benzene rings is 1. The number of amides is 1. The van der Waals surface area contributed by atoms with Gasteiger partial charge in [-0.3, -0.25) is 14.2 Å². The van der Waals surface area contributed by atoms with E-state index in [0.717, 1.165) is 12.8 Å². The van der Waals surface area contributed by atoms with Crippen LogP contribution in [0.2, 0.25) is 0 Å². The fraction of sp³-hybridized carbons (Fsp3) is 0.471. The van der Waals surface area contributed by atoms with Crippen molar-refractivity contribution < 1.29 is 13.2 Å². The van der Waals surface area contributed by atoms with Crippen LogP contribution in [-0.4, -0.2) is 35.4 Å². The number of thioether (sulfide) groups is 1. The topological polar surface area (TPSA) is 138 Å². The van der Waals surface area contributed by atoms with Crippen molar-refractivity contribution in [3.8, 4) is 0 Å². The van der Waals surface area contributed by atoms with Gasteiger partial charge in [-0.05, 0) is 31.4 Å². The summed E-state index contributed by atoms with van der Waals surface area (Å²) < 4.78 is 23.7. The third-order valence-corrected chi connectivity index (χ3v) is 5.86. The summed E-state index contributed by atoms with van der Waals surface area (Å²) in [5.41, 5.74) is 5.63. The molecule has 2 rings (SSSR count). The van der Waals surface area contributed by atoms with E-state index in [4.69, 9.17) is 10.9 Å². The van der Waals surface area contributed by atoms with E-state index < -0.39 is 10.0 Å². The van der Waals surface area contributed by atoms with Crippen LogP contribution in [0.5, 0.6) is 0 Å². The van der Waals surface area contributed by atoms with E-state index in [2.05, 4.69) is 4.98 Å². The molecule has 0 saturated carbocycles. The number of nitrogens with zero attached hydrogens (tertiary/aromatic N) is 2. The van der Waals surface area contributed by atoms with Crippen molar-refractivity contribution in [3.05, 3.63) is 34.6 Å². The van der Waals surface area contributed by atoms with E-state index in [1.807, 2.05) is 6.07 Å². The summed E-state index contributed by atoms with van der Waals surface area (Å²) in [5, 5.41) is 6.12. The van der Waals surface area contributed by atoms with Crippen molar-refractivity contribution in [1.29, 1.82) is 0 Å². The Hall–Kier alpha value is -1.91. The summed E-state index contributed by atoms with van der Waals surface area (Å²) in [6.45, 7) is 0.479. The molecule has 2 aromatic rings. The number of carbonyl (C=O) groups excluding carboxylic acids is 1. The Balaban J connectivity index is 2.14. The smallest absolute Gasteiger partial charge is 0.262 e. The number of aromatic nitrogens is 2. The Morgan fingerprint density at radius 1 is 1.15 bits per heavy atom.